The van der Waals surface area contributed by atoms with Gasteiger partial charge in [-0.05, 0) is 48.6 Å². The molecule has 4 aromatic rings. The molecule has 0 saturated carbocycles. The molecular formula is C22H21N3O. The van der Waals surface area contributed by atoms with Crippen molar-refractivity contribution in [1.29, 1.82) is 0 Å². The number of hydrogen-bond acceptors (Lipinski definition) is 3. The number of benzene rings is 1. The predicted octanol–water partition coefficient (Wildman–Crippen LogP) is 4.35. The Morgan fingerprint density at radius 1 is 0.923 bits per heavy atom. The number of aromatic hydroxyl groups is 1. The molecule has 0 atom stereocenters. The smallest absolute Gasteiger partial charge is 0.137 e. The van der Waals surface area contributed by atoms with E-state index in [1.807, 2.05) is 12.4 Å². The predicted molar refractivity (Wildman–Crippen MR) is 103 cm³/mol. The molecule has 0 spiro atoms. The summed E-state index contributed by atoms with van der Waals surface area (Å²) in [6.07, 6.45) is 8.04. The second-order valence-corrected chi connectivity index (χ2v) is 6.72. The Morgan fingerprint density at radius 3 is 2.50 bits per heavy atom. The Bertz CT molecular complexity index is 1020. The van der Waals surface area contributed by atoms with E-state index in [0.29, 0.717) is 0 Å². The highest BCUT2D eigenvalue weighted by Gasteiger charge is 2.07. The molecule has 0 saturated heterocycles. The highest BCUT2D eigenvalue weighted by atomic mass is 16.3. The summed E-state index contributed by atoms with van der Waals surface area (Å²) in [5.41, 5.74) is 6.78. The van der Waals surface area contributed by atoms with Crippen LogP contribution in [0.1, 0.15) is 27.9 Å². The number of fused-ring (bicyclic) bond motifs is 1. The zero-order valence-electron chi connectivity index (χ0n) is 14.7. The largest absolute Gasteiger partial charge is 0.506 e. The van der Waals surface area contributed by atoms with Gasteiger partial charge in [0, 0.05) is 29.9 Å². The Kier molecular flexibility index (Phi) is 4.40. The van der Waals surface area contributed by atoms with Gasteiger partial charge in [0.05, 0.1) is 6.20 Å². The Labute approximate surface area is 152 Å². The molecule has 0 aliphatic rings. The third-order valence-electron chi connectivity index (χ3n) is 4.67. The summed E-state index contributed by atoms with van der Waals surface area (Å²) in [5.74, 6) is 0.183. The molecule has 3 heterocycles. The van der Waals surface area contributed by atoms with Crippen molar-refractivity contribution in [3.63, 3.8) is 0 Å². The maximum absolute atomic E-state index is 9.65. The molecule has 4 rings (SSSR count). The molecule has 0 aliphatic carbocycles. The van der Waals surface area contributed by atoms with Gasteiger partial charge in [-0.25, -0.2) is 4.98 Å². The molecule has 0 aliphatic heterocycles. The Morgan fingerprint density at radius 2 is 1.73 bits per heavy atom. The number of nitrogens with zero attached hydrogens (tertiary/aromatic N) is 2. The van der Waals surface area contributed by atoms with Crippen LogP contribution in [0.2, 0.25) is 0 Å². The fourth-order valence-electron chi connectivity index (χ4n) is 3.15. The van der Waals surface area contributed by atoms with Gasteiger partial charge < -0.3 is 10.1 Å². The third-order valence-corrected chi connectivity index (χ3v) is 4.67. The summed E-state index contributed by atoms with van der Waals surface area (Å²) >= 11 is 0. The van der Waals surface area contributed by atoms with Crippen LogP contribution in [0.4, 0.5) is 0 Å². The van der Waals surface area contributed by atoms with Gasteiger partial charge in [-0.3, -0.25) is 4.98 Å². The standard InChI is InChI=1S/C22H21N3O/c1-15-2-4-16(5-3-15)6-8-19-9-7-17(12-23-19)10-18-13-24-22-21(18)11-20(26)14-25-22/h2-5,7,9,11-14,26H,6,8,10H2,1H3,(H,24,25). The number of pyridine rings is 2. The van der Waals surface area contributed by atoms with Crippen molar-refractivity contribution in [2.24, 2.45) is 0 Å². The average Bonchev–Trinajstić information content (AvgIpc) is 3.04. The van der Waals surface area contributed by atoms with Crippen molar-refractivity contribution >= 4 is 11.0 Å². The maximum atomic E-state index is 9.65. The normalized spacial score (nSPS) is 11.1. The zero-order valence-corrected chi connectivity index (χ0v) is 14.7. The van der Waals surface area contributed by atoms with E-state index in [1.165, 1.54) is 17.3 Å². The molecule has 0 unspecified atom stereocenters. The maximum Gasteiger partial charge on any atom is 0.137 e. The van der Waals surface area contributed by atoms with E-state index in [-0.39, 0.29) is 5.75 Å². The first-order chi connectivity index (χ1) is 12.7. The van der Waals surface area contributed by atoms with E-state index in [0.717, 1.165) is 47.1 Å². The Balaban J connectivity index is 1.43. The fraction of sp³-hybridized carbons (Fsp3) is 0.182. The van der Waals surface area contributed by atoms with E-state index in [2.05, 4.69) is 58.3 Å². The number of nitrogens with one attached hydrogen (secondary N) is 1. The van der Waals surface area contributed by atoms with Crippen molar-refractivity contribution in [3.05, 3.63) is 89.0 Å². The summed E-state index contributed by atoms with van der Waals surface area (Å²) < 4.78 is 0. The van der Waals surface area contributed by atoms with E-state index in [1.54, 1.807) is 6.07 Å². The lowest BCUT2D eigenvalue weighted by Crippen LogP contribution is -1.96. The van der Waals surface area contributed by atoms with Crippen molar-refractivity contribution in [1.82, 2.24) is 15.0 Å². The van der Waals surface area contributed by atoms with Crippen LogP contribution in [-0.4, -0.2) is 20.1 Å². The Hall–Kier alpha value is -3.14. The summed E-state index contributed by atoms with van der Waals surface area (Å²) in [6.45, 7) is 2.11. The topological polar surface area (TPSA) is 61.8 Å². The minimum Gasteiger partial charge on any atom is -0.506 e. The molecule has 4 heteroatoms. The van der Waals surface area contributed by atoms with Crippen LogP contribution in [-0.2, 0) is 19.3 Å². The second kappa shape index (κ2) is 7.00. The first-order valence-electron chi connectivity index (χ1n) is 8.82. The molecule has 26 heavy (non-hydrogen) atoms. The van der Waals surface area contributed by atoms with Crippen LogP contribution in [0.5, 0.6) is 5.75 Å². The molecular weight excluding hydrogens is 322 g/mol. The molecule has 1 aromatic carbocycles. The number of rotatable bonds is 5. The third kappa shape index (κ3) is 3.59. The molecule has 3 aromatic heterocycles. The molecule has 0 fully saturated rings. The van der Waals surface area contributed by atoms with Gasteiger partial charge in [0.25, 0.3) is 0 Å². The first-order valence-corrected chi connectivity index (χ1v) is 8.82. The van der Waals surface area contributed by atoms with Crippen molar-refractivity contribution < 1.29 is 5.11 Å². The van der Waals surface area contributed by atoms with Crippen LogP contribution < -0.4 is 0 Å². The number of aromatic nitrogens is 3. The minimum atomic E-state index is 0.183. The number of hydrogen-bond donors (Lipinski definition) is 2. The lowest BCUT2D eigenvalue weighted by atomic mass is 10.0. The van der Waals surface area contributed by atoms with Crippen molar-refractivity contribution in [2.45, 2.75) is 26.2 Å². The molecule has 4 nitrogen and oxygen atoms in total. The quantitative estimate of drug-likeness (QED) is 0.566. The van der Waals surface area contributed by atoms with Crippen LogP contribution in [0.15, 0.2) is 61.1 Å². The van der Waals surface area contributed by atoms with Crippen molar-refractivity contribution in [2.75, 3.05) is 0 Å². The van der Waals surface area contributed by atoms with Crippen molar-refractivity contribution in [3.8, 4) is 5.75 Å². The summed E-state index contributed by atoms with van der Waals surface area (Å²) in [6, 6.07) is 14.7. The van der Waals surface area contributed by atoms with Crippen LogP contribution >= 0.6 is 0 Å². The monoisotopic (exact) mass is 343 g/mol. The molecule has 0 bridgehead atoms. The van der Waals surface area contributed by atoms with Gasteiger partial charge >= 0.3 is 0 Å². The van der Waals surface area contributed by atoms with Gasteiger partial charge in [0.1, 0.15) is 11.4 Å². The van der Waals surface area contributed by atoms with Gasteiger partial charge in [-0.1, -0.05) is 35.9 Å². The van der Waals surface area contributed by atoms with Gasteiger partial charge in [-0.2, -0.15) is 0 Å². The lowest BCUT2D eigenvalue weighted by Gasteiger charge is -2.05. The zero-order chi connectivity index (χ0) is 17.9. The molecule has 0 amide bonds. The van der Waals surface area contributed by atoms with E-state index < -0.39 is 0 Å². The van der Waals surface area contributed by atoms with Gasteiger partial charge in [-0.15, -0.1) is 0 Å². The minimum absolute atomic E-state index is 0.183. The van der Waals surface area contributed by atoms with Gasteiger partial charge in [0.15, 0.2) is 0 Å². The summed E-state index contributed by atoms with van der Waals surface area (Å²) in [5, 5.41) is 10.6. The van der Waals surface area contributed by atoms with Crippen LogP contribution in [0.25, 0.3) is 11.0 Å². The second-order valence-electron chi connectivity index (χ2n) is 6.72. The lowest BCUT2D eigenvalue weighted by molar-refractivity contribution is 0.474. The molecule has 130 valence electrons. The van der Waals surface area contributed by atoms with Gasteiger partial charge in [0.2, 0.25) is 0 Å². The van der Waals surface area contributed by atoms with Crippen LogP contribution in [0.3, 0.4) is 0 Å². The number of H-pyrrole nitrogens is 1. The highest BCUT2D eigenvalue weighted by molar-refractivity contribution is 5.81. The van der Waals surface area contributed by atoms with E-state index >= 15 is 0 Å². The van der Waals surface area contributed by atoms with E-state index in [4.69, 9.17) is 0 Å². The number of aryl methyl sites for hydroxylation is 3. The molecule has 2 N–H and O–H groups in total. The molecule has 0 radical (unpaired) electrons. The highest BCUT2D eigenvalue weighted by Crippen LogP contribution is 2.23. The summed E-state index contributed by atoms with van der Waals surface area (Å²) in [7, 11) is 0. The number of aromatic amines is 1. The van der Waals surface area contributed by atoms with Crippen LogP contribution in [0, 0.1) is 6.92 Å². The average molecular weight is 343 g/mol. The first kappa shape index (κ1) is 16.3. The fourth-order valence-corrected chi connectivity index (χ4v) is 3.15. The van der Waals surface area contributed by atoms with E-state index in [9.17, 15) is 5.11 Å². The SMILES string of the molecule is Cc1ccc(CCc2ccc(Cc3c[nH]c4ncc(O)cc34)cn2)cc1. The summed E-state index contributed by atoms with van der Waals surface area (Å²) in [4.78, 5) is 12.0.